The fourth-order valence-corrected chi connectivity index (χ4v) is 12.2. The van der Waals surface area contributed by atoms with Crippen LogP contribution in [0, 0.1) is 28.6 Å². The predicted molar refractivity (Wildman–Crippen MR) is 226 cm³/mol. The van der Waals surface area contributed by atoms with Crippen LogP contribution in [0.25, 0.3) is 0 Å². The lowest BCUT2D eigenvalue weighted by Crippen LogP contribution is -2.63. The van der Waals surface area contributed by atoms with Crippen molar-refractivity contribution in [3.63, 3.8) is 0 Å². The SMILES string of the molecule is C[C@]12C=CC(=O)C=C1CC[C@@H]1[C@@H]2[C@@H](O)C[C@@]2(C)[C@H]1C[C@H]1O[C@@H](c3cscc3Cc3cccc(NC(=O)[C@H](CCC(=O)O)NC(=O)CNC(=O)CBr)c3)O[C@]12C(=O)COP(=O)(O)O. The molecule has 20 heteroatoms. The first-order chi connectivity index (χ1) is 29.3. The monoisotopic (exact) mass is 961 g/mol. The van der Waals surface area contributed by atoms with E-state index >= 15 is 0 Å². The highest BCUT2D eigenvalue weighted by molar-refractivity contribution is 9.09. The topological polar surface area (TPSA) is 264 Å². The third-order valence-corrected chi connectivity index (χ3v) is 15.3. The Bertz CT molecular complexity index is 2260. The number of anilines is 1. The zero-order valence-electron chi connectivity index (χ0n) is 33.9. The molecule has 62 heavy (non-hydrogen) atoms. The number of phosphoric acid groups is 1. The number of phosphoric ester groups is 1. The first-order valence-electron chi connectivity index (χ1n) is 20.3. The number of hydrogen-bond donors (Lipinski definition) is 7. The molecule has 1 saturated heterocycles. The number of hydrogen-bond acceptors (Lipinski definition) is 12. The smallest absolute Gasteiger partial charge is 0.470 e. The quantitative estimate of drug-likeness (QED) is 0.0932. The van der Waals surface area contributed by atoms with Gasteiger partial charge in [0.2, 0.25) is 17.7 Å². The second kappa shape index (κ2) is 17.9. The standard InChI is InChI=1S/C42H49BrN3O14PS/c1-40-11-10-26(47)14-24(40)6-7-27-29-15-33-42(32(49)19-58-61(55,56)57,41(29,2)16-31(48)37(27)40)60-39(59-33)28-21-62-20-23(28)12-22-4-3-5-25(13-22)45-38(54)30(8-9-36(52)53)46-35(51)18-44-34(50)17-43/h3-5,10-11,13-14,20-21,27,29-31,33,37,39,48H,6-9,12,15-19H2,1-2H3,(H,44,50)(H,45,54)(H,46,51)(H,52,53)(H2,55,56,57)/t27-,29-,30-,31-,33+,37+,39+,40-,41-,42+/m0/s1. The van der Waals surface area contributed by atoms with E-state index in [9.17, 15) is 53.3 Å². The predicted octanol–water partition coefficient (Wildman–Crippen LogP) is 3.86. The summed E-state index contributed by atoms with van der Waals surface area (Å²) in [6, 6.07) is 5.68. The van der Waals surface area contributed by atoms with Crippen LogP contribution in [0.1, 0.15) is 75.4 Å². The first kappa shape index (κ1) is 46.1. The molecule has 334 valence electrons. The van der Waals surface area contributed by atoms with Gasteiger partial charge in [-0.1, -0.05) is 53.6 Å². The van der Waals surface area contributed by atoms with Crippen LogP contribution in [0.5, 0.6) is 0 Å². The van der Waals surface area contributed by atoms with Crippen LogP contribution in [0.15, 0.2) is 58.8 Å². The zero-order valence-corrected chi connectivity index (χ0v) is 37.2. The second-order valence-electron chi connectivity index (χ2n) is 17.1. The molecule has 2 aromatic rings. The molecule has 4 fully saturated rings. The van der Waals surface area contributed by atoms with Gasteiger partial charge in [-0.05, 0) is 96.5 Å². The van der Waals surface area contributed by atoms with E-state index < -0.39 is 97.8 Å². The van der Waals surface area contributed by atoms with Crippen molar-refractivity contribution in [1.82, 2.24) is 10.6 Å². The molecule has 2 heterocycles. The van der Waals surface area contributed by atoms with Gasteiger partial charge < -0.3 is 45.4 Å². The second-order valence-corrected chi connectivity index (χ2v) is 19.7. The number of ketones is 2. The van der Waals surface area contributed by atoms with Crippen LogP contribution in [0.3, 0.4) is 0 Å². The maximum Gasteiger partial charge on any atom is 0.470 e. The number of aliphatic carboxylic acids is 1. The van der Waals surface area contributed by atoms with Gasteiger partial charge in [0, 0.05) is 34.4 Å². The first-order valence-corrected chi connectivity index (χ1v) is 23.8. The van der Waals surface area contributed by atoms with Crippen molar-refractivity contribution in [3.8, 4) is 0 Å². The van der Waals surface area contributed by atoms with E-state index in [0.717, 1.165) is 16.7 Å². The highest BCUT2D eigenvalue weighted by atomic mass is 79.9. The summed E-state index contributed by atoms with van der Waals surface area (Å²) < 4.78 is 30.2. The molecule has 1 aromatic carbocycles. The molecule has 10 atom stereocenters. The third kappa shape index (κ3) is 8.93. The number of rotatable bonds is 16. The Balaban J connectivity index is 1.11. The molecular weight excluding hydrogens is 913 g/mol. The minimum Gasteiger partial charge on any atom is -0.481 e. The lowest BCUT2D eigenvalue weighted by molar-refractivity contribution is -0.201. The lowest BCUT2D eigenvalue weighted by atomic mass is 9.46. The number of carboxylic acids is 1. The van der Waals surface area contributed by atoms with Gasteiger partial charge in [-0.3, -0.25) is 33.3 Å². The molecule has 5 aliphatic rings. The summed E-state index contributed by atoms with van der Waals surface area (Å²) in [5.74, 6) is -4.27. The van der Waals surface area contributed by atoms with Gasteiger partial charge in [0.15, 0.2) is 23.5 Å². The van der Waals surface area contributed by atoms with E-state index in [4.69, 9.17) is 14.0 Å². The van der Waals surface area contributed by atoms with Gasteiger partial charge in [-0.2, -0.15) is 11.3 Å². The summed E-state index contributed by atoms with van der Waals surface area (Å²) in [5, 5.41) is 32.6. The van der Waals surface area contributed by atoms with Crippen molar-refractivity contribution >= 4 is 76.0 Å². The van der Waals surface area contributed by atoms with Crippen molar-refractivity contribution < 1.29 is 67.3 Å². The van der Waals surface area contributed by atoms with E-state index in [-0.39, 0.29) is 41.7 Å². The zero-order chi connectivity index (χ0) is 44.8. The third-order valence-electron chi connectivity index (χ3n) is 13.5. The van der Waals surface area contributed by atoms with Crippen LogP contribution in [-0.4, -0.2) is 97.6 Å². The fraction of sp³-hybridized carbons (Fsp3) is 0.524. The van der Waals surface area contributed by atoms with Crippen LogP contribution in [0.2, 0.25) is 0 Å². The number of carbonyl (C=O) groups excluding carboxylic acids is 5. The summed E-state index contributed by atoms with van der Waals surface area (Å²) in [6.45, 7) is 2.58. The van der Waals surface area contributed by atoms with E-state index in [2.05, 4.69) is 31.9 Å². The number of thiophene rings is 1. The molecule has 1 aromatic heterocycles. The Morgan fingerprint density at radius 3 is 2.63 bits per heavy atom. The lowest BCUT2D eigenvalue weighted by Gasteiger charge is -2.59. The van der Waals surface area contributed by atoms with Gasteiger partial charge in [0.05, 0.1) is 24.1 Å². The number of halogens is 1. The Morgan fingerprint density at radius 2 is 1.90 bits per heavy atom. The maximum absolute atomic E-state index is 14.5. The number of carboxylic acid groups (broad SMARTS) is 1. The maximum atomic E-state index is 14.5. The van der Waals surface area contributed by atoms with Crippen molar-refractivity contribution in [3.05, 3.63) is 75.5 Å². The van der Waals surface area contributed by atoms with Gasteiger partial charge >= 0.3 is 13.8 Å². The highest BCUT2D eigenvalue weighted by Crippen LogP contribution is 2.70. The molecule has 1 aliphatic heterocycles. The molecular formula is C42H49BrN3O14PS. The summed E-state index contributed by atoms with van der Waals surface area (Å²) >= 11 is 4.36. The molecule has 0 radical (unpaired) electrons. The largest absolute Gasteiger partial charge is 0.481 e. The number of aliphatic hydroxyl groups excluding tert-OH is 1. The van der Waals surface area contributed by atoms with Crippen molar-refractivity contribution in [1.29, 1.82) is 0 Å². The average molecular weight is 963 g/mol. The van der Waals surface area contributed by atoms with Gasteiger partial charge in [0.25, 0.3) is 0 Å². The Labute approximate surface area is 369 Å². The summed E-state index contributed by atoms with van der Waals surface area (Å²) in [6.07, 6.45) is 3.77. The summed E-state index contributed by atoms with van der Waals surface area (Å²) in [7, 11) is -5.06. The number of alkyl halides is 1. The number of ether oxygens (including phenoxy) is 2. The minimum atomic E-state index is -5.06. The molecule has 0 unspecified atom stereocenters. The van der Waals surface area contributed by atoms with E-state index in [1.165, 1.54) is 11.3 Å². The number of amides is 3. The van der Waals surface area contributed by atoms with Gasteiger partial charge in [-0.25, -0.2) is 4.57 Å². The number of carbonyl (C=O) groups is 6. The number of aliphatic hydroxyl groups is 1. The van der Waals surface area contributed by atoms with Crippen LogP contribution in [0.4, 0.5) is 5.69 Å². The molecule has 3 amide bonds. The summed E-state index contributed by atoms with van der Waals surface area (Å²) in [5.41, 5.74) is 0.125. The minimum absolute atomic E-state index is 0.0279. The highest BCUT2D eigenvalue weighted by Gasteiger charge is 2.76. The van der Waals surface area contributed by atoms with Gasteiger partial charge in [0.1, 0.15) is 12.6 Å². The van der Waals surface area contributed by atoms with Crippen molar-refractivity contribution in [2.75, 3.05) is 23.8 Å². The van der Waals surface area contributed by atoms with Crippen LogP contribution in [-0.2, 0) is 53.8 Å². The van der Waals surface area contributed by atoms with Gasteiger partial charge in [-0.15, -0.1) is 0 Å². The number of Topliss-reactive ketones (excluding diaryl/α,β-unsaturated/α-hetero) is 1. The normalized spacial score (nSPS) is 31.5. The molecule has 7 N–H and O–H groups in total. The van der Waals surface area contributed by atoms with Crippen LogP contribution < -0.4 is 16.0 Å². The number of benzene rings is 1. The van der Waals surface area contributed by atoms with Crippen LogP contribution >= 0.6 is 35.1 Å². The Hall–Kier alpha value is -3.91. The van der Waals surface area contributed by atoms with Crippen molar-refractivity contribution in [2.24, 2.45) is 28.6 Å². The van der Waals surface area contributed by atoms with E-state index in [0.29, 0.717) is 36.9 Å². The Morgan fingerprint density at radius 1 is 1.13 bits per heavy atom. The number of allylic oxidation sites excluding steroid dienone is 4. The van der Waals surface area contributed by atoms with E-state index in [1.54, 1.807) is 30.4 Å². The Kier molecular flexibility index (Phi) is 13.3. The molecule has 0 bridgehead atoms. The molecule has 4 aliphatic carbocycles. The molecule has 17 nitrogen and oxygen atoms in total. The fourth-order valence-electron chi connectivity index (χ4n) is 10.9. The molecule has 0 spiro atoms. The number of fused-ring (bicyclic) bond motifs is 7. The molecule has 3 saturated carbocycles. The van der Waals surface area contributed by atoms with Crippen molar-refractivity contribution in [2.45, 2.75) is 88.9 Å². The molecule has 7 rings (SSSR count). The summed E-state index contributed by atoms with van der Waals surface area (Å²) in [4.78, 5) is 94.8. The van der Waals surface area contributed by atoms with E-state index in [1.807, 2.05) is 36.7 Å². The number of nitrogens with one attached hydrogen (secondary N) is 3. The average Bonchev–Trinajstić information content (AvgIpc) is 3.89.